The van der Waals surface area contributed by atoms with Crippen LogP contribution >= 0.6 is 0 Å². The van der Waals surface area contributed by atoms with E-state index in [9.17, 15) is 4.79 Å². The van der Waals surface area contributed by atoms with Gasteiger partial charge in [-0.15, -0.1) is 0 Å². The summed E-state index contributed by atoms with van der Waals surface area (Å²) in [5.41, 5.74) is 2.35. The summed E-state index contributed by atoms with van der Waals surface area (Å²) in [4.78, 5) is 19.5. The summed E-state index contributed by atoms with van der Waals surface area (Å²) in [6.45, 7) is 4.68. The number of para-hydroxylation sites is 1. The zero-order valence-corrected chi connectivity index (χ0v) is 14.7. The van der Waals surface area contributed by atoms with Crippen LogP contribution in [0.15, 0.2) is 35.0 Å². The predicted octanol–water partition coefficient (Wildman–Crippen LogP) is 3.36. The highest BCUT2D eigenvalue weighted by atomic mass is 16.5. The number of hydrogen-bond acceptors (Lipinski definition) is 4. The first-order valence-electron chi connectivity index (χ1n) is 8.77. The predicted molar refractivity (Wildman–Crippen MR) is 96.3 cm³/mol. The second kappa shape index (κ2) is 7.96. The summed E-state index contributed by atoms with van der Waals surface area (Å²) in [7, 11) is 0. The van der Waals surface area contributed by atoms with Gasteiger partial charge in [0, 0.05) is 42.4 Å². The molecule has 0 bridgehead atoms. The summed E-state index contributed by atoms with van der Waals surface area (Å²) in [5, 5.41) is 8.12. The third kappa shape index (κ3) is 4.47. The molecule has 1 amide bonds. The molecule has 0 fully saturated rings. The summed E-state index contributed by atoms with van der Waals surface area (Å²) < 4.78 is 5.18. The lowest BCUT2D eigenvalue weighted by atomic mass is 10.1. The van der Waals surface area contributed by atoms with Crippen molar-refractivity contribution in [3.63, 3.8) is 0 Å². The van der Waals surface area contributed by atoms with E-state index >= 15 is 0 Å². The second-order valence-corrected chi connectivity index (χ2v) is 6.51. The molecule has 0 saturated carbocycles. The number of nitrogens with one attached hydrogen (secondary N) is 2. The average Bonchev–Trinajstić information content (AvgIpc) is 3.22. The van der Waals surface area contributed by atoms with Gasteiger partial charge >= 0.3 is 0 Å². The second-order valence-electron chi connectivity index (χ2n) is 6.51. The molecule has 0 unspecified atom stereocenters. The van der Waals surface area contributed by atoms with Gasteiger partial charge in [0.2, 0.25) is 11.8 Å². The number of nitrogens with zero attached hydrogens (tertiary/aromatic N) is 2. The number of rotatable bonds is 8. The third-order valence-electron chi connectivity index (χ3n) is 4.19. The van der Waals surface area contributed by atoms with Crippen molar-refractivity contribution in [1.29, 1.82) is 0 Å². The topological polar surface area (TPSA) is 83.8 Å². The number of carbonyl (C=O) groups is 1. The lowest BCUT2D eigenvalue weighted by Crippen LogP contribution is -2.25. The van der Waals surface area contributed by atoms with Gasteiger partial charge in [0.05, 0.1) is 0 Å². The van der Waals surface area contributed by atoms with E-state index in [-0.39, 0.29) is 11.8 Å². The number of carbonyl (C=O) groups excluding carboxylic acids is 1. The van der Waals surface area contributed by atoms with Crippen LogP contribution in [0.25, 0.3) is 10.9 Å². The van der Waals surface area contributed by atoms with E-state index in [2.05, 4.69) is 32.6 Å². The van der Waals surface area contributed by atoms with Crippen molar-refractivity contribution in [2.24, 2.45) is 0 Å². The Balaban J connectivity index is 1.38. The lowest BCUT2D eigenvalue weighted by molar-refractivity contribution is -0.121. The summed E-state index contributed by atoms with van der Waals surface area (Å²) in [6, 6.07) is 8.19. The van der Waals surface area contributed by atoms with Gasteiger partial charge < -0.3 is 14.8 Å². The zero-order chi connectivity index (χ0) is 17.6. The van der Waals surface area contributed by atoms with Gasteiger partial charge in [0.25, 0.3) is 0 Å². The number of aromatic amines is 1. The SMILES string of the molecule is CC(C)c1noc(CCCC(=O)NCCc2c[nH]c3ccccc23)n1. The highest BCUT2D eigenvalue weighted by Gasteiger charge is 2.10. The number of benzene rings is 1. The van der Waals surface area contributed by atoms with E-state index in [1.807, 2.05) is 32.2 Å². The van der Waals surface area contributed by atoms with E-state index in [4.69, 9.17) is 4.52 Å². The standard InChI is InChI=1S/C19H24N4O2/c1-13(2)19-22-18(25-23-19)9-5-8-17(24)20-11-10-14-12-21-16-7-4-3-6-15(14)16/h3-4,6-7,12-13,21H,5,8-11H2,1-2H3,(H,20,24). The van der Waals surface area contributed by atoms with Crippen molar-refractivity contribution < 1.29 is 9.32 Å². The Labute approximate surface area is 147 Å². The zero-order valence-electron chi connectivity index (χ0n) is 14.7. The molecule has 3 rings (SSSR count). The minimum absolute atomic E-state index is 0.0587. The molecule has 0 aliphatic carbocycles. The van der Waals surface area contributed by atoms with E-state index in [0.717, 1.165) is 17.8 Å². The number of aryl methyl sites for hydroxylation is 1. The number of H-pyrrole nitrogens is 1. The van der Waals surface area contributed by atoms with Crippen LogP contribution in [0.2, 0.25) is 0 Å². The van der Waals surface area contributed by atoms with Gasteiger partial charge in [0.1, 0.15) is 0 Å². The van der Waals surface area contributed by atoms with Crippen LogP contribution in [0, 0.1) is 0 Å². The first-order valence-corrected chi connectivity index (χ1v) is 8.77. The smallest absolute Gasteiger partial charge is 0.226 e. The highest BCUT2D eigenvalue weighted by molar-refractivity contribution is 5.83. The number of hydrogen-bond donors (Lipinski definition) is 2. The maximum absolute atomic E-state index is 12.0. The molecule has 6 heteroatoms. The molecule has 25 heavy (non-hydrogen) atoms. The molecule has 0 aliphatic rings. The van der Waals surface area contributed by atoms with Gasteiger partial charge in [-0.2, -0.15) is 4.98 Å². The number of aromatic nitrogens is 3. The highest BCUT2D eigenvalue weighted by Crippen LogP contribution is 2.17. The van der Waals surface area contributed by atoms with Crippen molar-refractivity contribution in [2.45, 2.75) is 45.4 Å². The minimum Gasteiger partial charge on any atom is -0.361 e. The van der Waals surface area contributed by atoms with Crippen molar-refractivity contribution in [2.75, 3.05) is 6.54 Å². The van der Waals surface area contributed by atoms with Crippen LogP contribution in [-0.2, 0) is 17.6 Å². The number of fused-ring (bicyclic) bond motifs is 1. The fourth-order valence-corrected chi connectivity index (χ4v) is 2.77. The van der Waals surface area contributed by atoms with Crippen molar-refractivity contribution in [3.05, 3.63) is 47.7 Å². The van der Waals surface area contributed by atoms with Crippen LogP contribution < -0.4 is 5.32 Å². The molecular formula is C19H24N4O2. The summed E-state index contributed by atoms with van der Waals surface area (Å²) in [5.74, 6) is 1.64. The Morgan fingerprint density at radius 2 is 2.12 bits per heavy atom. The molecule has 0 spiro atoms. The lowest BCUT2D eigenvalue weighted by Gasteiger charge is -2.04. The Kier molecular flexibility index (Phi) is 5.48. The van der Waals surface area contributed by atoms with Crippen molar-refractivity contribution >= 4 is 16.8 Å². The third-order valence-corrected chi connectivity index (χ3v) is 4.19. The normalized spacial score (nSPS) is 11.3. The van der Waals surface area contributed by atoms with Gasteiger partial charge in [-0.1, -0.05) is 37.2 Å². The molecule has 3 aromatic rings. The summed E-state index contributed by atoms with van der Waals surface area (Å²) >= 11 is 0. The molecule has 0 radical (unpaired) electrons. The van der Waals surface area contributed by atoms with Gasteiger partial charge in [-0.05, 0) is 24.5 Å². The Hall–Kier alpha value is -2.63. The van der Waals surface area contributed by atoms with Crippen LogP contribution in [0.1, 0.15) is 49.9 Å². The van der Waals surface area contributed by atoms with E-state index in [1.165, 1.54) is 10.9 Å². The van der Waals surface area contributed by atoms with E-state index < -0.39 is 0 Å². The molecule has 1 aromatic carbocycles. The first kappa shape index (κ1) is 17.2. The molecular weight excluding hydrogens is 316 g/mol. The summed E-state index contributed by atoms with van der Waals surface area (Å²) in [6.07, 6.45) is 4.64. The fraction of sp³-hybridized carbons (Fsp3) is 0.421. The quantitative estimate of drug-likeness (QED) is 0.658. The Morgan fingerprint density at radius 1 is 1.28 bits per heavy atom. The average molecular weight is 340 g/mol. The first-order chi connectivity index (χ1) is 12.1. The Bertz CT molecular complexity index is 835. The molecule has 0 atom stereocenters. The van der Waals surface area contributed by atoms with Crippen LogP contribution in [-0.4, -0.2) is 27.6 Å². The molecule has 2 aromatic heterocycles. The molecule has 6 nitrogen and oxygen atoms in total. The molecule has 132 valence electrons. The maximum Gasteiger partial charge on any atom is 0.226 e. The van der Waals surface area contributed by atoms with E-state index in [0.29, 0.717) is 31.7 Å². The van der Waals surface area contributed by atoms with Crippen LogP contribution in [0.5, 0.6) is 0 Å². The fourth-order valence-electron chi connectivity index (χ4n) is 2.77. The van der Waals surface area contributed by atoms with Gasteiger partial charge in [-0.3, -0.25) is 4.79 Å². The van der Waals surface area contributed by atoms with Gasteiger partial charge in [0.15, 0.2) is 5.82 Å². The Morgan fingerprint density at radius 3 is 2.92 bits per heavy atom. The van der Waals surface area contributed by atoms with Gasteiger partial charge in [-0.25, -0.2) is 0 Å². The van der Waals surface area contributed by atoms with Crippen molar-refractivity contribution in [1.82, 2.24) is 20.4 Å². The molecule has 0 aliphatic heterocycles. The van der Waals surface area contributed by atoms with Crippen molar-refractivity contribution in [3.8, 4) is 0 Å². The molecule has 2 N–H and O–H groups in total. The maximum atomic E-state index is 12.0. The van der Waals surface area contributed by atoms with Crippen LogP contribution in [0.3, 0.4) is 0 Å². The molecule has 2 heterocycles. The minimum atomic E-state index is 0.0587. The largest absolute Gasteiger partial charge is 0.361 e. The molecule has 0 saturated heterocycles. The van der Waals surface area contributed by atoms with E-state index in [1.54, 1.807) is 0 Å². The number of amides is 1. The monoisotopic (exact) mass is 340 g/mol. The van der Waals surface area contributed by atoms with Crippen LogP contribution in [0.4, 0.5) is 0 Å².